The molecule has 0 bridgehead atoms. The van der Waals surface area contributed by atoms with E-state index in [1.807, 2.05) is 0 Å². The Kier molecular flexibility index (Phi) is 3.76. The molecule has 1 atom stereocenters. The maximum atomic E-state index is 12.2. The summed E-state index contributed by atoms with van der Waals surface area (Å²) in [4.78, 5) is 33.7. The van der Waals surface area contributed by atoms with Gasteiger partial charge in [-0.05, 0) is 0 Å². The van der Waals surface area contributed by atoms with Crippen molar-refractivity contribution in [1.29, 1.82) is 0 Å². The number of carbonyl (C=O) groups is 3. The van der Waals surface area contributed by atoms with Gasteiger partial charge in [-0.3, -0.25) is 18.8 Å². The molecule has 1 heterocycles. The van der Waals surface area contributed by atoms with Crippen LogP contribution in [0.3, 0.4) is 0 Å². The van der Waals surface area contributed by atoms with Gasteiger partial charge in [0.25, 0.3) is 0 Å². The Hall–Kier alpha value is -1.46. The molecule has 0 saturated carbocycles. The number of amides is 1. The Bertz CT molecular complexity index is 292. The van der Waals surface area contributed by atoms with Crippen LogP contribution in [0.1, 0.15) is 12.8 Å². The number of likely N-dealkylation sites (tertiary alicyclic amines) is 1. The molecule has 84 valence electrons. The molecule has 0 radical (unpaired) electrons. The molecule has 0 spiro atoms. The first-order valence-electron chi connectivity index (χ1n) is 4.60. The minimum Gasteiger partial charge on any atom is -0.481 e. The van der Waals surface area contributed by atoms with Crippen LogP contribution in [0.4, 0.5) is 4.39 Å². The average molecular weight is 217 g/mol. The molecular weight excluding hydrogens is 205 g/mol. The van der Waals surface area contributed by atoms with Crippen molar-refractivity contribution in [2.75, 3.05) is 19.8 Å². The number of rotatable bonds is 5. The van der Waals surface area contributed by atoms with Crippen LogP contribution in [0.5, 0.6) is 0 Å². The number of hydrogen-bond donors (Lipinski definition) is 1. The largest absolute Gasteiger partial charge is 0.481 e. The summed E-state index contributed by atoms with van der Waals surface area (Å²) >= 11 is 0. The molecule has 0 aromatic heterocycles. The molecule has 6 heteroatoms. The fraction of sp³-hybridized carbons (Fsp3) is 0.667. The van der Waals surface area contributed by atoms with Crippen molar-refractivity contribution in [3.05, 3.63) is 0 Å². The Morgan fingerprint density at radius 3 is 2.67 bits per heavy atom. The van der Waals surface area contributed by atoms with E-state index in [2.05, 4.69) is 0 Å². The number of ketones is 1. The monoisotopic (exact) mass is 217 g/mol. The minimum absolute atomic E-state index is 0.108. The topological polar surface area (TPSA) is 74.7 Å². The molecule has 0 aromatic rings. The van der Waals surface area contributed by atoms with Crippen LogP contribution in [0.25, 0.3) is 0 Å². The molecule has 1 rings (SSSR count). The van der Waals surface area contributed by atoms with E-state index >= 15 is 0 Å². The number of carboxylic acids is 1. The van der Waals surface area contributed by atoms with Gasteiger partial charge in [0, 0.05) is 18.9 Å². The van der Waals surface area contributed by atoms with Gasteiger partial charge in [0.15, 0.2) is 5.78 Å². The Morgan fingerprint density at radius 2 is 2.20 bits per heavy atom. The first kappa shape index (κ1) is 11.6. The fourth-order valence-corrected chi connectivity index (χ4v) is 1.55. The number of alkyl halides is 1. The van der Waals surface area contributed by atoms with Gasteiger partial charge < -0.3 is 10.0 Å². The predicted octanol–water partition coefficient (Wildman–Crippen LogP) is -0.152. The number of carbonyl (C=O) groups excluding carboxylic acids is 2. The number of carboxylic acid groups (broad SMARTS) is 1. The quantitative estimate of drug-likeness (QED) is 0.650. The van der Waals surface area contributed by atoms with E-state index in [0.29, 0.717) is 0 Å². The zero-order chi connectivity index (χ0) is 11.4. The second kappa shape index (κ2) is 4.86. The average Bonchev–Trinajstić information content (AvgIpc) is 2.46. The van der Waals surface area contributed by atoms with E-state index in [1.165, 1.54) is 4.90 Å². The summed E-state index contributed by atoms with van der Waals surface area (Å²) in [7, 11) is 0. The van der Waals surface area contributed by atoms with E-state index in [1.54, 1.807) is 0 Å². The van der Waals surface area contributed by atoms with Gasteiger partial charge in [0.2, 0.25) is 5.91 Å². The standard InChI is InChI=1S/C9H12FNO4/c10-3-6-1-8(13)11(4-6)5-7(12)2-9(14)15/h6H,1-5H2,(H,14,15). The van der Waals surface area contributed by atoms with E-state index in [4.69, 9.17) is 5.11 Å². The van der Waals surface area contributed by atoms with Crippen molar-refractivity contribution < 1.29 is 23.9 Å². The van der Waals surface area contributed by atoms with Crippen molar-refractivity contribution in [3.63, 3.8) is 0 Å². The van der Waals surface area contributed by atoms with Crippen LogP contribution in [-0.4, -0.2) is 47.4 Å². The van der Waals surface area contributed by atoms with Gasteiger partial charge in [-0.2, -0.15) is 0 Å². The highest BCUT2D eigenvalue weighted by Gasteiger charge is 2.30. The smallest absolute Gasteiger partial charge is 0.310 e. The van der Waals surface area contributed by atoms with Gasteiger partial charge in [-0.1, -0.05) is 0 Å². The molecule has 1 amide bonds. The second-order valence-electron chi connectivity index (χ2n) is 3.61. The van der Waals surface area contributed by atoms with Crippen molar-refractivity contribution in [2.45, 2.75) is 12.8 Å². The third-order valence-corrected chi connectivity index (χ3v) is 2.23. The van der Waals surface area contributed by atoms with E-state index < -0.39 is 24.8 Å². The summed E-state index contributed by atoms with van der Waals surface area (Å²) in [6, 6.07) is 0. The van der Waals surface area contributed by atoms with Crippen molar-refractivity contribution in [3.8, 4) is 0 Å². The molecule has 1 saturated heterocycles. The third-order valence-electron chi connectivity index (χ3n) is 2.23. The Labute approximate surface area is 85.9 Å². The lowest BCUT2D eigenvalue weighted by molar-refractivity contribution is -0.142. The summed E-state index contributed by atoms with van der Waals surface area (Å²) in [5.74, 6) is -2.38. The van der Waals surface area contributed by atoms with Crippen LogP contribution >= 0.6 is 0 Å². The predicted molar refractivity (Wildman–Crippen MR) is 47.9 cm³/mol. The van der Waals surface area contributed by atoms with E-state index in [9.17, 15) is 18.8 Å². The maximum absolute atomic E-state index is 12.2. The van der Waals surface area contributed by atoms with E-state index in [0.717, 1.165) is 0 Å². The van der Waals surface area contributed by atoms with Crippen LogP contribution in [0, 0.1) is 5.92 Å². The summed E-state index contributed by atoms with van der Waals surface area (Å²) in [5, 5.41) is 8.34. The van der Waals surface area contributed by atoms with Crippen molar-refractivity contribution >= 4 is 17.7 Å². The molecule has 5 nitrogen and oxygen atoms in total. The molecule has 0 aliphatic carbocycles. The van der Waals surface area contributed by atoms with Gasteiger partial charge in [0.05, 0.1) is 13.2 Å². The number of nitrogens with zero attached hydrogens (tertiary/aromatic N) is 1. The Balaban J connectivity index is 2.42. The maximum Gasteiger partial charge on any atom is 0.310 e. The summed E-state index contributed by atoms with van der Waals surface area (Å²) in [5.41, 5.74) is 0. The zero-order valence-corrected chi connectivity index (χ0v) is 8.11. The summed E-state index contributed by atoms with van der Waals surface area (Å²) in [6.07, 6.45) is -0.485. The Morgan fingerprint density at radius 1 is 1.53 bits per heavy atom. The molecule has 15 heavy (non-hydrogen) atoms. The third kappa shape index (κ3) is 3.30. The first-order valence-corrected chi connectivity index (χ1v) is 4.60. The van der Waals surface area contributed by atoms with Crippen LogP contribution in [0.2, 0.25) is 0 Å². The molecule has 0 aromatic carbocycles. The molecular formula is C9H12FNO4. The lowest BCUT2D eigenvalue weighted by atomic mass is 10.1. The molecule has 1 fully saturated rings. The number of halogens is 1. The van der Waals surface area contributed by atoms with Crippen molar-refractivity contribution in [1.82, 2.24) is 4.90 Å². The number of Topliss-reactive ketones (excluding diaryl/α,β-unsaturated/α-hetero) is 1. The molecule has 1 N–H and O–H groups in total. The lowest BCUT2D eigenvalue weighted by Gasteiger charge is -2.14. The highest BCUT2D eigenvalue weighted by atomic mass is 19.1. The summed E-state index contributed by atoms with van der Waals surface area (Å²) in [6.45, 7) is -0.600. The van der Waals surface area contributed by atoms with E-state index in [-0.39, 0.29) is 31.3 Å². The molecule has 1 aliphatic heterocycles. The lowest BCUT2D eigenvalue weighted by Crippen LogP contribution is -2.32. The van der Waals surface area contributed by atoms with Crippen molar-refractivity contribution in [2.24, 2.45) is 5.92 Å². The highest BCUT2D eigenvalue weighted by molar-refractivity contribution is 5.97. The molecule has 1 unspecified atom stereocenters. The first-order chi connectivity index (χ1) is 7.02. The van der Waals surface area contributed by atoms with Gasteiger partial charge in [-0.25, -0.2) is 0 Å². The van der Waals surface area contributed by atoms with Crippen LogP contribution in [-0.2, 0) is 14.4 Å². The normalized spacial score (nSPS) is 20.7. The van der Waals surface area contributed by atoms with Gasteiger partial charge in [-0.15, -0.1) is 0 Å². The van der Waals surface area contributed by atoms with Crippen LogP contribution < -0.4 is 0 Å². The van der Waals surface area contributed by atoms with Gasteiger partial charge in [0.1, 0.15) is 6.42 Å². The highest BCUT2D eigenvalue weighted by Crippen LogP contribution is 2.17. The number of aliphatic carboxylic acids is 1. The number of hydrogen-bond acceptors (Lipinski definition) is 3. The molecule has 1 aliphatic rings. The second-order valence-corrected chi connectivity index (χ2v) is 3.61. The SMILES string of the molecule is O=C(O)CC(=O)CN1CC(CF)CC1=O. The van der Waals surface area contributed by atoms with Crippen LogP contribution in [0.15, 0.2) is 0 Å². The zero-order valence-electron chi connectivity index (χ0n) is 8.11. The fourth-order valence-electron chi connectivity index (χ4n) is 1.55. The summed E-state index contributed by atoms with van der Waals surface area (Å²) < 4.78 is 12.2. The van der Waals surface area contributed by atoms with Gasteiger partial charge >= 0.3 is 5.97 Å². The minimum atomic E-state index is -1.21.